The molecule has 93 valence electrons. The molecule has 0 bridgehead atoms. The lowest BCUT2D eigenvalue weighted by molar-refractivity contribution is 0.233. The van der Waals surface area contributed by atoms with Gasteiger partial charge in [-0.05, 0) is 50.6 Å². The van der Waals surface area contributed by atoms with Crippen LogP contribution in [0.3, 0.4) is 0 Å². The molecule has 0 N–H and O–H groups in total. The topological polar surface area (TPSA) is 18.5 Å². The van der Waals surface area contributed by atoms with Gasteiger partial charge in [0.05, 0.1) is 6.10 Å². The number of ether oxygens (including phenoxy) is 2. The van der Waals surface area contributed by atoms with E-state index in [2.05, 4.69) is 6.92 Å². The lowest BCUT2D eigenvalue weighted by Gasteiger charge is -2.14. The molecule has 0 atom stereocenters. The predicted molar refractivity (Wildman–Crippen MR) is 73.2 cm³/mol. The SMILES string of the molecule is [CH2]c1cccc(Oc2ccccc2OC(C)C)c1. The van der Waals surface area contributed by atoms with E-state index in [1.165, 1.54) is 0 Å². The van der Waals surface area contributed by atoms with Crippen LogP contribution < -0.4 is 9.47 Å². The van der Waals surface area contributed by atoms with Gasteiger partial charge in [-0.3, -0.25) is 0 Å². The van der Waals surface area contributed by atoms with Gasteiger partial charge >= 0.3 is 0 Å². The first-order valence-electron chi connectivity index (χ1n) is 6.01. The Morgan fingerprint density at radius 3 is 2.33 bits per heavy atom. The molecule has 0 saturated carbocycles. The molecule has 0 aliphatic rings. The molecule has 2 aromatic carbocycles. The minimum atomic E-state index is 0.119. The van der Waals surface area contributed by atoms with Crippen molar-refractivity contribution in [1.29, 1.82) is 0 Å². The Bertz CT molecular complexity index is 518. The molecule has 0 saturated heterocycles. The molecule has 0 aliphatic heterocycles. The van der Waals surface area contributed by atoms with Gasteiger partial charge in [0.15, 0.2) is 11.5 Å². The second kappa shape index (κ2) is 5.58. The van der Waals surface area contributed by atoms with Crippen LogP contribution in [0.25, 0.3) is 0 Å². The smallest absolute Gasteiger partial charge is 0.169 e. The van der Waals surface area contributed by atoms with E-state index in [-0.39, 0.29) is 6.10 Å². The average Bonchev–Trinajstić information content (AvgIpc) is 2.31. The van der Waals surface area contributed by atoms with Gasteiger partial charge in [0.1, 0.15) is 5.75 Å². The van der Waals surface area contributed by atoms with Crippen molar-refractivity contribution >= 4 is 0 Å². The van der Waals surface area contributed by atoms with Gasteiger partial charge in [-0.1, -0.05) is 24.3 Å². The number of rotatable bonds is 4. The average molecular weight is 241 g/mol. The van der Waals surface area contributed by atoms with E-state index < -0.39 is 0 Å². The highest BCUT2D eigenvalue weighted by Crippen LogP contribution is 2.32. The third-order valence-electron chi connectivity index (χ3n) is 2.34. The summed E-state index contributed by atoms with van der Waals surface area (Å²) in [5.41, 5.74) is 0.926. The summed E-state index contributed by atoms with van der Waals surface area (Å²) in [4.78, 5) is 0. The molecule has 2 heteroatoms. The molecule has 18 heavy (non-hydrogen) atoms. The molecule has 2 aromatic rings. The lowest BCUT2D eigenvalue weighted by Crippen LogP contribution is -2.06. The standard InChI is InChI=1S/C16H17O2/c1-12(2)17-15-9-4-5-10-16(15)18-14-8-6-7-13(3)11-14/h4-12H,3H2,1-2H3. The number of hydrogen-bond acceptors (Lipinski definition) is 2. The number of para-hydroxylation sites is 2. The van der Waals surface area contributed by atoms with Gasteiger partial charge in [0, 0.05) is 0 Å². The molecule has 0 heterocycles. The highest BCUT2D eigenvalue weighted by molar-refractivity contribution is 5.43. The predicted octanol–water partition coefficient (Wildman–Crippen LogP) is 4.45. The fraction of sp³-hybridized carbons (Fsp3) is 0.188. The molecular formula is C16H17O2. The second-order valence-electron chi connectivity index (χ2n) is 4.36. The largest absolute Gasteiger partial charge is 0.487 e. The summed E-state index contributed by atoms with van der Waals surface area (Å²) in [6, 6.07) is 15.3. The molecule has 0 unspecified atom stereocenters. The fourth-order valence-electron chi connectivity index (χ4n) is 1.62. The van der Waals surface area contributed by atoms with Crippen molar-refractivity contribution in [3.8, 4) is 17.2 Å². The van der Waals surface area contributed by atoms with Crippen molar-refractivity contribution in [3.63, 3.8) is 0 Å². The second-order valence-corrected chi connectivity index (χ2v) is 4.36. The highest BCUT2D eigenvalue weighted by Gasteiger charge is 2.07. The van der Waals surface area contributed by atoms with Crippen LogP contribution in [0.2, 0.25) is 0 Å². The Morgan fingerprint density at radius 1 is 0.944 bits per heavy atom. The van der Waals surface area contributed by atoms with Gasteiger partial charge in [-0.25, -0.2) is 0 Å². The Labute approximate surface area is 108 Å². The van der Waals surface area contributed by atoms with Gasteiger partial charge < -0.3 is 9.47 Å². The zero-order valence-electron chi connectivity index (χ0n) is 10.7. The quantitative estimate of drug-likeness (QED) is 0.787. The maximum Gasteiger partial charge on any atom is 0.169 e. The van der Waals surface area contributed by atoms with Gasteiger partial charge in [0.25, 0.3) is 0 Å². The van der Waals surface area contributed by atoms with Crippen molar-refractivity contribution in [2.45, 2.75) is 20.0 Å². The van der Waals surface area contributed by atoms with Crippen molar-refractivity contribution < 1.29 is 9.47 Å². The molecular weight excluding hydrogens is 224 g/mol. The minimum Gasteiger partial charge on any atom is -0.487 e. The third-order valence-corrected chi connectivity index (χ3v) is 2.34. The molecule has 2 rings (SSSR count). The van der Waals surface area contributed by atoms with E-state index in [4.69, 9.17) is 9.47 Å². The lowest BCUT2D eigenvalue weighted by atomic mass is 10.2. The van der Waals surface area contributed by atoms with E-state index in [1.54, 1.807) is 0 Å². The summed E-state index contributed by atoms with van der Waals surface area (Å²) in [5, 5.41) is 0. The molecule has 1 radical (unpaired) electrons. The molecule has 0 aromatic heterocycles. The van der Waals surface area contributed by atoms with Crippen molar-refractivity contribution in [3.05, 3.63) is 61.0 Å². The first-order chi connectivity index (χ1) is 8.65. The summed E-state index contributed by atoms with van der Waals surface area (Å²) in [6.07, 6.45) is 0.119. The Hall–Kier alpha value is -1.96. The molecule has 0 fully saturated rings. The zero-order valence-corrected chi connectivity index (χ0v) is 10.7. The van der Waals surface area contributed by atoms with E-state index >= 15 is 0 Å². The van der Waals surface area contributed by atoms with Crippen LogP contribution in [0.15, 0.2) is 48.5 Å². The van der Waals surface area contributed by atoms with Crippen molar-refractivity contribution in [2.75, 3.05) is 0 Å². The third kappa shape index (κ3) is 3.27. The number of hydrogen-bond donors (Lipinski definition) is 0. The van der Waals surface area contributed by atoms with Crippen LogP contribution in [-0.4, -0.2) is 6.10 Å². The molecule has 2 nitrogen and oxygen atoms in total. The highest BCUT2D eigenvalue weighted by atomic mass is 16.5. The van der Waals surface area contributed by atoms with Gasteiger partial charge in [-0.15, -0.1) is 0 Å². The molecule has 0 amide bonds. The van der Waals surface area contributed by atoms with Crippen molar-refractivity contribution in [1.82, 2.24) is 0 Å². The zero-order chi connectivity index (χ0) is 13.0. The summed E-state index contributed by atoms with van der Waals surface area (Å²) in [7, 11) is 0. The van der Waals surface area contributed by atoms with Crippen molar-refractivity contribution in [2.24, 2.45) is 0 Å². The Morgan fingerprint density at radius 2 is 1.67 bits per heavy atom. The summed E-state index contributed by atoms with van der Waals surface area (Å²) in [6.45, 7) is 7.87. The maximum atomic E-state index is 5.83. The van der Waals surface area contributed by atoms with E-state index in [0.717, 1.165) is 22.8 Å². The maximum absolute atomic E-state index is 5.83. The van der Waals surface area contributed by atoms with Crippen LogP contribution in [-0.2, 0) is 0 Å². The summed E-state index contributed by atoms with van der Waals surface area (Å²) < 4.78 is 11.5. The van der Waals surface area contributed by atoms with E-state index in [9.17, 15) is 0 Å². The number of benzene rings is 2. The van der Waals surface area contributed by atoms with Crippen LogP contribution in [0.1, 0.15) is 19.4 Å². The molecule has 0 spiro atoms. The summed E-state index contributed by atoms with van der Waals surface area (Å²) in [5.74, 6) is 2.24. The Kier molecular flexibility index (Phi) is 3.88. The monoisotopic (exact) mass is 241 g/mol. The fourth-order valence-corrected chi connectivity index (χ4v) is 1.62. The van der Waals surface area contributed by atoms with E-state index in [0.29, 0.717) is 0 Å². The summed E-state index contributed by atoms with van der Waals surface area (Å²) >= 11 is 0. The van der Waals surface area contributed by atoms with Crippen LogP contribution >= 0.6 is 0 Å². The van der Waals surface area contributed by atoms with Gasteiger partial charge in [-0.2, -0.15) is 0 Å². The normalized spacial score (nSPS) is 10.4. The van der Waals surface area contributed by atoms with Gasteiger partial charge in [0.2, 0.25) is 0 Å². The minimum absolute atomic E-state index is 0.119. The van der Waals surface area contributed by atoms with E-state index in [1.807, 2.05) is 62.4 Å². The first-order valence-corrected chi connectivity index (χ1v) is 6.01. The van der Waals surface area contributed by atoms with Crippen LogP contribution in [0, 0.1) is 6.92 Å². The first kappa shape index (κ1) is 12.5. The Balaban J connectivity index is 2.23. The molecule has 0 aliphatic carbocycles. The van der Waals surface area contributed by atoms with Crippen LogP contribution in [0.5, 0.6) is 17.2 Å². The van der Waals surface area contributed by atoms with Crippen LogP contribution in [0.4, 0.5) is 0 Å².